The fourth-order valence-corrected chi connectivity index (χ4v) is 2.66. The van der Waals surface area contributed by atoms with Crippen molar-refractivity contribution in [1.29, 1.82) is 0 Å². The Morgan fingerprint density at radius 1 is 1.43 bits per heavy atom. The Balaban J connectivity index is 2.76. The van der Waals surface area contributed by atoms with Gasteiger partial charge in [0.2, 0.25) is 0 Å². The van der Waals surface area contributed by atoms with Gasteiger partial charge in [0.05, 0.1) is 17.2 Å². The summed E-state index contributed by atoms with van der Waals surface area (Å²) in [6, 6.07) is 3.69. The number of aryl methyl sites for hydroxylation is 2. The second-order valence-electron chi connectivity index (χ2n) is 5.29. The lowest BCUT2D eigenvalue weighted by Gasteiger charge is -2.09. The maximum atomic E-state index is 11.6. The molecule has 0 spiro atoms. The van der Waals surface area contributed by atoms with E-state index in [4.69, 9.17) is 5.73 Å². The molecule has 0 aliphatic heterocycles. The van der Waals surface area contributed by atoms with Crippen molar-refractivity contribution < 1.29 is 15.0 Å². The van der Waals surface area contributed by atoms with Crippen molar-refractivity contribution >= 4 is 16.9 Å². The summed E-state index contributed by atoms with van der Waals surface area (Å²) >= 11 is 0. The minimum Gasteiger partial charge on any atom is -0.478 e. The third-order valence-corrected chi connectivity index (χ3v) is 3.75. The average molecular weight is 290 g/mol. The van der Waals surface area contributed by atoms with Gasteiger partial charge in [-0.3, -0.25) is 0 Å². The fourth-order valence-electron chi connectivity index (χ4n) is 2.66. The number of aliphatic hydroxyl groups is 1. The zero-order chi connectivity index (χ0) is 15.6. The van der Waals surface area contributed by atoms with E-state index in [9.17, 15) is 15.0 Å². The zero-order valence-corrected chi connectivity index (χ0v) is 12.5. The van der Waals surface area contributed by atoms with Gasteiger partial charge in [-0.25, -0.2) is 4.79 Å². The molecule has 1 aromatic heterocycles. The Hall–Kier alpha value is -1.85. The summed E-state index contributed by atoms with van der Waals surface area (Å²) in [7, 11) is 0. The Kier molecular flexibility index (Phi) is 4.65. The van der Waals surface area contributed by atoms with Crippen LogP contribution in [0, 0.1) is 0 Å². The Morgan fingerprint density at radius 3 is 2.67 bits per heavy atom. The zero-order valence-electron chi connectivity index (χ0n) is 12.5. The second-order valence-corrected chi connectivity index (χ2v) is 5.29. The van der Waals surface area contributed by atoms with Crippen LogP contribution in [0.4, 0.5) is 0 Å². The molecule has 4 N–H and O–H groups in total. The van der Waals surface area contributed by atoms with E-state index in [0.29, 0.717) is 18.6 Å². The van der Waals surface area contributed by atoms with E-state index in [1.165, 1.54) is 0 Å². The number of fused-ring (bicyclic) bond motifs is 1. The number of nitrogens with two attached hydrogens (primary N) is 1. The molecule has 0 aliphatic rings. The van der Waals surface area contributed by atoms with Crippen molar-refractivity contribution in [3.05, 3.63) is 35.0 Å². The van der Waals surface area contributed by atoms with Crippen LogP contribution < -0.4 is 5.73 Å². The first-order valence-electron chi connectivity index (χ1n) is 7.26. The Bertz CT molecular complexity index is 659. The van der Waals surface area contributed by atoms with Gasteiger partial charge in [0, 0.05) is 23.7 Å². The van der Waals surface area contributed by atoms with Gasteiger partial charge in [-0.15, -0.1) is 0 Å². The summed E-state index contributed by atoms with van der Waals surface area (Å²) in [5.41, 5.74) is 8.23. The molecule has 1 aromatic carbocycles. The lowest BCUT2D eigenvalue weighted by Crippen LogP contribution is -2.07. The summed E-state index contributed by atoms with van der Waals surface area (Å²) in [5.74, 6) is -0.945. The van der Waals surface area contributed by atoms with Crippen molar-refractivity contribution in [2.75, 3.05) is 6.54 Å². The SMILES string of the molecule is CCc1cc(C(=O)O)c2c(c1)c(C(C)O)cn2CCCN. The highest BCUT2D eigenvalue weighted by molar-refractivity contribution is 6.04. The normalized spacial score (nSPS) is 12.8. The lowest BCUT2D eigenvalue weighted by atomic mass is 10.0. The number of carboxylic acids is 1. The van der Waals surface area contributed by atoms with Crippen LogP contribution in [-0.4, -0.2) is 27.3 Å². The van der Waals surface area contributed by atoms with Gasteiger partial charge in [-0.2, -0.15) is 0 Å². The van der Waals surface area contributed by atoms with Crippen molar-refractivity contribution in [1.82, 2.24) is 4.57 Å². The first-order chi connectivity index (χ1) is 9.99. The maximum Gasteiger partial charge on any atom is 0.337 e. The van der Waals surface area contributed by atoms with Crippen LogP contribution in [0.3, 0.4) is 0 Å². The van der Waals surface area contributed by atoms with Crippen molar-refractivity contribution in [3.8, 4) is 0 Å². The third-order valence-electron chi connectivity index (χ3n) is 3.75. The van der Waals surface area contributed by atoms with Crippen molar-refractivity contribution in [2.24, 2.45) is 5.73 Å². The largest absolute Gasteiger partial charge is 0.478 e. The van der Waals surface area contributed by atoms with Crippen LogP contribution in [-0.2, 0) is 13.0 Å². The molecule has 0 aliphatic carbocycles. The predicted octanol–water partition coefficient (Wildman–Crippen LogP) is 2.30. The summed E-state index contributed by atoms with van der Waals surface area (Å²) < 4.78 is 1.90. The minimum absolute atomic E-state index is 0.285. The minimum atomic E-state index is -0.945. The highest BCUT2D eigenvalue weighted by atomic mass is 16.4. The molecule has 0 bridgehead atoms. The molecule has 0 saturated carbocycles. The number of hydrogen-bond acceptors (Lipinski definition) is 3. The van der Waals surface area contributed by atoms with Crippen LogP contribution in [0.5, 0.6) is 0 Å². The molecule has 1 unspecified atom stereocenters. The average Bonchev–Trinajstić information content (AvgIpc) is 2.82. The highest BCUT2D eigenvalue weighted by Crippen LogP contribution is 2.31. The van der Waals surface area contributed by atoms with Crippen molar-refractivity contribution in [3.63, 3.8) is 0 Å². The summed E-state index contributed by atoms with van der Waals surface area (Å²) in [6.07, 6.45) is 2.72. The smallest absolute Gasteiger partial charge is 0.337 e. The van der Waals surface area contributed by atoms with E-state index in [2.05, 4.69) is 0 Å². The van der Waals surface area contributed by atoms with Crippen LogP contribution in [0.1, 0.15) is 47.9 Å². The van der Waals surface area contributed by atoms with E-state index in [1.54, 1.807) is 13.0 Å². The van der Waals surface area contributed by atoms with Gasteiger partial charge < -0.3 is 20.5 Å². The maximum absolute atomic E-state index is 11.6. The monoisotopic (exact) mass is 290 g/mol. The topological polar surface area (TPSA) is 88.5 Å². The molecule has 1 heterocycles. The molecule has 1 atom stereocenters. The molecule has 5 nitrogen and oxygen atoms in total. The van der Waals surface area contributed by atoms with Crippen molar-refractivity contribution in [2.45, 2.75) is 39.3 Å². The third kappa shape index (κ3) is 2.94. The molecule has 114 valence electrons. The molecule has 0 amide bonds. The van der Waals surface area contributed by atoms with E-state index in [1.807, 2.05) is 23.8 Å². The molecule has 5 heteroatoms. The van der Waals surface area contributed by atoms with Gasteiger partial charge in [0.15, 0.2) is 0 Å². The van der Waals surface area contributed by atoms with Crippen LogP contribution in [0.25, 0.3) is 10.9 Å². The predicted molar refractivity (Wildman–Crippen MR) is 82.6 cm³/mol. The van der Waals surface area contributed by atoms with E-state index in [-0.39, 0.29) is 5.56 Å². The lowest BCUT2D eigenvalue weighted by molar-refractivity contribution is 0.0698. The number of hydrogen-bond donors (Lipinski definition) is 3. The molecule has 0 fully saturated rings. The van der Waals surface area contributed by atoms with E-state index >= 15 is 0 Å². The first-order valence-corrected chi connectivity index (χ1v) is 7.26. The summed E-state index contributed by atoms with van der Waals surface area (Å²) in [6.45, 7) is 4.87. The number of benzene rings is 1. The van der Waals surface area contributed by atoms with Gasteiger partial charge in [-0.05, 0) is 44.0 Å². The molecule has 21 heavy (non-hydrogen) atoms. The quantitative estimate of drug-likeness (QED) is 0.761. The number of rotatable bonds is 6. The molecule has 0 radical (unpaired) electrons. The number of nitrogens with zero attached hydrogens (tertiary/aromatic N) is 1. The fraction of sp³-hybridized carbons (Fsp3) is 0.438. The molecule has 0 saturated heterocycles. The highest BCUT2D eigenvalue weighted by Gasteiger charge is 2.19. The number of aromatic nitrogens is 1. The molecule has 2 aromatic rings. The van der Waals surface area contributed by atoms with E-state index < -0.39 is 12.1 Å². The van der Waals surface area contributed by atoms with Gasteiger partial charge in [0.1, 0.15) is 0 Å². The number of carbonyl (C=O) groups is 1. The Labute approximate surface area is 124 Å². The molecular formula is C16H22N2O3. The summed E-state index contributed by atoms with van der Waals surface area (Å²) in [4.78, 5) is 11.6. The van der Waals surface area contributed by atoms with Crippen LogP contribution in [0.2, 0.25) is 0 Å². The van der Waals surface area contributed by atoms with Gasteiger partial charge in [-0.1, -0.05) is 6.92 Å². The number of carboxylic acid groups (broad SMARTS) is 1. The van der Waals surface area contributed by atoms with Crippen LogP contribution >= 0.6 is 0 Å². The second kappa shape index (κ2) is 6.28. The number of aromatic carboxylic acids is 1. The van der Waals surface area contributed by atoms with E-state index in [0.717, 1.165) is 29.4 Å². The molecule has 2 rings (SSSR count). The van der Waals surface area contributed by atoms with Gasteiger partial charge in [0.25, 0.3) is 0 Å². The first kappa shape index (κ1) is 15.5. The van der Waals surface area contributed by atoms with Crippen LogP contribution in [0.15, 0.2) is 18.3 Å². The molecular weight excluding hydrogens is 268 g/mol. The van der Waals surface area contributed by atoms with Gasteiger partial charge >= 0.3 is 5.97 Å². The summed E-state index contributed by atoms with van der Waals surface area (Å²) in [5, 5.41) is 20.3. The standard InChI is InChI=1S/C16H22N2O3/c1-3-11-7-12-14(10(2)19)9-18(6-4-5-17)15(12)13(8-11)16(20)21/h7-10,19H,3-6,17H2,1-2H3,(H,20,21). The Morgan fingerprint density at radius 2 is 2.14 bits per heavy atom. The number of aliphatic hydroxyl groups excluding tert-OH is 1.